The second-order valence-electron chi connectivity index (χ2n) is 3.82. The molecule has 0 saturated carbocycles. The van der Waals surface area contributed by atoms with Crippen LogP contribution in [0.15, 0.2) is 36.8 Å². The number of halogens is 1. The fourth-order valence-corrected chi connectivity index (χ4v) is 2.25. The smallest absolute Gasteiger partial charge is 0.151 e. The molecule has 0 aliphatic carbocycles. The van der Waals surface area contributed by atoms with Gasteiger partial charge in [0.25, 0.3) is 0 Å². The van der Waals surface area contributed by atoms with Gasteiger partial charge in [-0.25, -0.2) is 9.97 Å². The Labute approximate surface area is 98.7 Å². The zero-order valence-electron chi connectivity index (χ0n) is 8.60. The normalized spacial score (nSPS) is 13.9. The monoisotopic (exact) mass is 231 g/mol. The summed E-state index contributed by atoms with van der Waals surface area (Å²) in [4.78, 5) is 10.3. The maximum atomic E-state index is 6.08. The molecule has 0 N–H and O–H groups in total. The van der Waals surface area contributed by atoms with Crippen LogP contribution in [0.2, 0.25) is 5.02 Å². The SMILES string of the molecule is Clc1cncnc1N1Cc2ccccc2C1. The first-order valence-corrected chi connectivity index (χ1v) is 5.49. The first kappa shape index (κ1) is 9.60. The average molecular weight is 232 g/mol. The first-order chi connectivity index (χ1) is 7.84. The maximum absolute atomic E-state index is 6.08. The lowest BCUT2D eigenvalue weighted by Crippen LogP contribution is -2.16. The molecule has 1 aliphatic rings. The van der Waals surface area contributed by atoms with Gasteiger partial charge in [0.15, 0.2) is 5.82 Å². The minimum Gasteiger partial charge on any atom is -0.347 e. The van der Waals surface area contributed by atoms with Crippen molar-refractivity contribution in [3.05, 3.63) is 52.9 Å². The fourth-order valence-electron chi connectivity index (χ4n) is 2.02. The van der Waals surface area contributed by atoms with Gasteiger partial charge in [-0.2, -0.15) is 0 Å². The van der Waals surface area contributed by atoms with Crippen LogP contribution in [0, 0.1) is 0 Å². The predicted octanol–water partition coefficient (Wildman–Crippen LogP) is 2.65. The second kappa shape index (κ2) is 3.76. The predicted molar refractivity (Wildman–Crippen MR) is 63.4 cm³/mol. The molecule has 1 aliphatic heterocycles. The van der Waals surface area contributed by atoms with Gasteiger partial charge < -0.3 is 4.90 Å². The van der Waals surface area contributed by atoms with E-state index >= 15 is 0 Å². The van der Waals surface area contributed by atoms with Crippen LogP contribution in [0.5, 0.6) is 0 Å². The fraction of sp³-hybridized carbons (Fsp3) is 0.167. The van der Waals surface area contributed by atoms with Crippen molar-refractivity contribution in [3.63, 3.8) is 0 Å². The Kier molecular flexibility index (Phi) is 2.26. The number of hydrogen-bond acceptors (Lipinski definition) is 3. The highest BCUT2D eigenvalue weighted by atomic mass is 35.5. The standard InChI is InChI=1S/C12H10ClN3/c13-11-5-14-8-15-12(11)16-6-9-3-1-2-4-10(9)7-16/h1-5,8H,6-7H2. The molecule has 80 valence electrons. The summed E-state index contributed by atoms with van der Waals surface area (Å²) in [6.45, 7) is 1.74. The Hall–Kier alpha value is -1.61. The highest BCUT2D eigenvalue weighted by molar-refractivity contribution is 6.32. The van der Waals surface area contributed by atoms with Crippen molar-refractivity contribution in [1.82, 2.24) is 9.97 Å². The van der Waals surface area contributed by atoms with E-state index in [1.807, 2.05) is 0 Å². The Morgan fingerprint density at radius 2 is 1.81 bits per heavy atom. The van der Waals surface area contributed by atoms with Crippen molar-refractivity contribution in [3.8, 4) is 0 Å². The molecular formula is C12H10ClN3. The Bertz CT molecular complexity index is 502. The average Bonchev–Trinajstić information content (AvgIpc) is 2.73. The van der Waals surface area contributed by atoms with Crippen molar-refractivity contribution >= 4 is 17.4 Å². The largest absolute Gasteiger partial charge is 0.347 e. The molecule has 1 aromatic heterocycles. The molecule has 3 rings (SSSR count). The van der Waals surface area contributed by atoms with Crippen molar-refractivity contribution in [1.29, 1.82) is 0 Å². The molecule has 0 fully saturated rings. The molecule has 2 aromatic rings. The lowest BCUT2D eigenvalue weighted by molar-refractivity contribution is 0.851. The molecule has 16 heavy (non-hydrogen) atoms. The van der Waals surface area contributed by atoms with E-state index in [2.05, 4.69) is 39.1 Å². The Morgan fingerprint density at radius 1 is 1.12 bits per heavy atom. The summed E-state index contributed by atoms with van der Waals surface area (Å²) >= 11 is 6.08. The number of rotatable bonds is 1. The second-order valence-corrected chi connectivity index (χ2v) is 4.23. The molecule has 0 radical (unpaired) electrons. The molecule has 2 heterocycles. The van der Waals surface area contributed by atoms with Gasteiger partial charge in [0, 0.05) is 13.1 Å². The minimum atomic E-state index is 0.607. The summed E-state index contributed by atoms with van der Waals surface area (Å²) in [5.74, 6) is 0.813. The van der Waals surface area contributed by atoms with Crippen LogP contribution < -0.4 is 4.90 Å². The third-order valence-corrected chi connectivity index (χ3v) is 3.06. The lowest BCUT2D eigenvalue weighted by atomic mass is 10.1. The lowest BCUT2D eigenvalue weighted by Gasteiger charge is -2.16. The molecule has 0 unspecified atom stereocenters. The van der Waals surface area contributed by atoms with E-state index in [0.29, 0.717) is 5.02 Å². The Morgan fingerprint density at radius 3 is 2.44 bits per heavy atom. The van der Waals surface area contributed by atoms with E-state index in [4.69, 9.17) is 11.6 Å². The molecule has 0 bridgehead atoms. The molecule has 3 nitrogen and oxygen atoms in total. The Balaban J connectivity index is 1.95. The summed E-state index contributed by atoms with van der Waals surface area (Å²) in [5.41, 5.74) is 2.69. The highest BCUT2D eigenvalue weighted by Crippen LogP contribution is 2.30. The summed E-state index contributed by atoms with van der Waals surface area (Å²) < 4.78 is 0. The minimum absolute atomic E-state index is 0.607. The van der Waals surface area contributed by atoms with Crippen LogP contribution in [-0.4, -0.2) is 9.97 Å². The number of nitrogens with zero attached hydrogens (tertiary/aromatic N) is 3. The van der Waals surface area contributed by atoms with Crippen molar-refractivity contribution < 1.29 is 0 Å². The van der Waals surface area contributed by atoms with E-state index in [1.165, 1.54) is 17.5 Å². The summed E-state index contributed by atoms with van der Waals surface area (Å²) in [6, 6.07) is 8.41. The molecule has 0 atom stereocenters. The quantitative estimate of drug-likeness (QED) is 0.756. The van der Waals surface area contributed by atoms with E-state index in [1.54, 1.807) is 6.20 Å². The topological polar surface area (TPSA) is 29.0 Å². The van der Waals surface area contributed by atoms with Gasteiger partial charge >= 0.3 is 0 Å². The number of aromatic nitrogens is 2. The summed E-state index contributed by atoms with van der Waals surface area (Å²) in [5, 5.41) is 0.607. The zero-order valence-corrected chi connectivity index (χ0v) is 9.35. The van der Waals surface area contributed by atoms with Crippen molar-refractivity contribution in [2.45, 2.75) is 13.1 Å². The summed E-state index contributed by atoms with van der Waals surface area (Å²) in [7, 11) is 0. The molecule has 1 aromatic carbocycles. The molecule has 0 saturated heterocycles. The van der Waals surface area contributed by atoms with Crippen LogP contribution in [-0.2, 0) is 13.1 Å². The van der Waals surface area contributed by atoms with Crippen LogP contribution in [0.4, 0.5) is 5.82 Å². The number of benzene rings is 1. The van der Waals surface area contributed by atoms with E-state index in [0.717, 1.165) is 18.9 Å². The van der Waals surface area contributed by atoms with Gasteiger partial charge in [-0.1, -0.05) is 35.9 Å². The molecular weight excluding hydrogens is 222 g/mol. The van der Waals surface area contributed by atoms with Gasteiger partial charge in [0.1, 0.15) is 11.3 Å². The highest BCUT2D eigenvalue weighted by Gasteiger charge is 2.21. The van der Waals surface area contributed by atoms with Crippen molar-refractivity contribution in [2.75, 3.05) is 4.90 Å². The van der Waals surface area contributed by atoms with E-state index < -0.39 is 0 Å². The number of anilines is 1. The maximum Gasteiger partial charge on any atom is 0.151 e. The van der Waals surface area contributed by atoms with Gasteiger partial charge in [0.2, 0.25) is 0 Å². The van der Waals surface area contributed by atoms with Gasteiger partial charge in [0.05, 0.1) is 6.20 Å². The zero-order chi connectivity index (χ0) is 11.0. The molecule has 0 spiro atoms. The van der Waals surface area contributed by atoms with Crippen LogP contribution in [0.25, 0.3) is 0 Å². The third-order valence-electron chi connectivity index (χ3n) is 2.79. The van der Waals surface area contributed by atoms with E-state index in [-0.39, 0.29) is 0 Å². The molecule has 4 heteroatoms. The van der Waals surface area contributed by atoms with Gasteiger partial charge in [-0.3, -0.25) is 0 Å². The van der Waals surface area contributed by atoms with Crippen molar-refractivity contribution in [2.24, 2.45) is 0 Å². The molecule has 0 amide bonds. The number of hydrogen-bond donors (Lipinski definition) is 0. The van der Waals surface area contributed by atoms with Crippen LogP contribution in [0.1, 0.15) is 11.1 Å². The van der Waals surface area contributed by atoms with Gasteiger partial charge in [-0.15, -0.1) is 0 Å². The van der Waals surface area contributed by atoms with E-state index in [9.17, 15) is 0 Å². The third kappa shape index (κ3) is 1.53. The van der Waals surface area contributed by atoms with Crippen LogP contribution >= 0.6 is 11.6 Å². The van der Waals surface area contributed by atoms with Crippen LogP contribution in [0.3, 0.4) is 0 Å². The number of fused-ring (bicyclic) bond motifs is 1. The first-order valence-electron chi connectivity index (χ1n) is 5.12. The summed E-state index contributed by atoms with van der Waals surface area (Å²) in [6.07, 6.45) is 3.16. The van der Waals surface area contributed by atoms with Gasteiger partial charge in [-0.05, 0) is 11.1 Å².